The highest BCUT2D eigenvalue weighted by atomic mass is 16.3. The van der Waals surface area contributed by atoms with Crippen LogP contribution in [0.25, 0.3) is 0 Å². The average Bonchev–Trinajstić information content (AvgIpc) is 3.63. The van der Waals surface area contributed by atoms with Gasteiger partial charge in [0.1, 0.15) is 6.54 Å². The van der Waals surface area contributed by atoms with Crippen LogP contribution < -0.4 is 0 Å². The van der Waals surface area contributed by atoms with E-state index in [0.29, 0.717) is 38.4 Å². The summed E-state index contributed by atoms with van der Waals surface area (Å²) in [5, 5.41) is 10.2. The minimum absolute atomic E-state index is 0.0139. The molecule has 1 N–H and O–H groups in total. The van der Waals surface area contributed by atoms with Gasteiger partial charge in [-0.15, -0.1) is 0 Å². The van der Waals surface area contributed by atoms with E-state index in [0.717, 1.165) is 32.2 Å². The monoisotopic (exact) mass is 482 g/mol. The van der Waals surface area contributed by atoms with Gasteiger partial charge in [0.25, 0.3) is 0 Å². The molecule has 3 amide bonds. The predicted molar refractivity (Wildman–Crippen MR) is 136 cm³/mol. The van der Waals surface area contributed by atoms with Gasteiger partial charge in [-0.25, -0.2) is 4.79 Å². The number of rotatable bonds is 6. The molecule has 4 fully saturated rings. The molecule has 2 aliphatic carbocycles. The fourth-order valence-corrected chi connectivity index (χ4v) is 6.64. The number of likely N-dealkylation sites (tertiary alicyclic amines) is 1. The quantitative estimate of drug-likeness (QED) is 0.676. The van der Waals surface area contributed by atoms with Crippen molar-refractivity contribution in [1.82, 2.24) is 19.6 Å². The Morgan fingerprint density at radius 3 is 2.23 bits per heavy atom. The Hall–Kier alpha value is -2.12. The van der Waals surface area contributed by atoms with E-state index >= 15 is 0 Å². The Morgan fingerprint density at radius 2 is 1.66 bits per heavy atom. The fraction of sp³-hybridized carbons (Fsp3) is 0.714. The summed E-state index contributed by atoms with van der Waals surface area (Å²) in [6, 6.07) is 10.8. The fourth-order valence-electron chi connectivity index (χ4n) is 6.64. The van der Waals surface area contributed by atoms with Crippen molar-refractivity contribution >= 4 is 11.9 Å². The molecule has 1 spiro atoms. The van der Waals surface area contributed by atoms with Crippen LogP contribution in [-0.4, -0.2) is 94.6 Å². The first-order valence-corrected chi connectivity index (χ1v) is 13.4. The molecule has 0 bridgehead atoms. The SMILES string of the molecule is CN(C)C1(c2ccccc2)CCC2(CC1)CN(CC(=O)N1CCC(C)(O)CC1)C(=O)N2CC1CC1. The van der Waals surface area contributed by atoms with Gasteiger partial charge in [0, 0.05) is 31.7 Å². The number of aliphatic hydroxyl groups is 1. The van der Waals surface area contributed by atoms with E-state index in [1.54, 1.807) is 0 Å². The maximum absolute atomic E-state index is 13.7. The van der Waals surface area contributed by atoms with Crippen molar-refractivity contribution < 1.29 is 14.7 Å². The lowest BCUT2D eigenvalue weighted by Crippen LogP contribution is -2.55. The minimum atomic E-state index is -0.689. The van der Waals surface area contributed by atoms with Gasteiger partial charge < -0.3 is 19.8 Å². The molecule has 192 valence electrons. The first kappa shape index (κ1) is 24.6. The molecule has 2 saturated carbocycles. The van der Waals surface area contributed by atoms with Crippen LogP contribution in [0.3, 0.4) is 0 Å². The Morgan fingerprint density at radius 1 is 1.03 bits per heavy atom. The van der Waals surface area contributed by atoms with Crippen LogP contribution in [0.15, 0.2) is 30.3 Å². The number of benzene rings is 1. The van der Waals surface area contributed by atoms with E-state index in [-0.39, 0.29) is 29.6 Å². The number of hydrogen-bond acceptors (Lipinski definition) is 4. The van der Waals surface area contributed by atoms with E-state index < -0.39 is 5.60 Å². The zero-order valence-electron chi connectivity index (χ0n) is 21.7. The number of nitrogens with zero attached hydrogens (tertiary/aromatic N) is 4. The largest absolute Gasteiger partial charge is 0.390 e. The van der Waals surface area contributed by atoms with Crippen molar-refractivity contribution in [3.8, 4) is 0 Å². The Bertz CT molecular complexity index is 925. The second kappa shape index (κ2) is 9.07. The molecular weight excluding hydrogens is 440 g/mol. The highest BCUT2D eigenvalue weighted by molar-refractivity contribution is 5.86. The minimum Gasteiger partial charge on any atom is -0.390 e. The molecule has 0 radical (unpaired) electrons. The summed E-state index contributed by atoms with van der Waals surface area (Å²) in [4.78, 5) is 35.0. The van der Waals surface area contributed by atoms with Crippen molar-refractivity contribution in [2.24, 2.45) is 5.92 Å². The average molecular weight is 483 g/mol. The normalized spacial score (nSPS) is 31.0. The number of piperidine rings is 1. The van der Waals surface area contributed by atoms with Gasteiger partial charge in [-0.2, -0.15) is 0 Å². The van der Waals surface area contributed by atoms with Crippen LogP contribution in [0.2, 0.25) is 0 Å². The van der Waals surface area contributed by atoms with Crippen LogP contribution in [0.5, 0.6) is 0 Å². The maximum atomic E-state index is 13.7. The van der Waals surface area contributed by atoms with Gasteiger partial charge in [0.15, 0.2) is 0 Å². The van der Waals surface area contributed by atoms with E-state index in [4.69, 9.17) is 0 Å². The summed E-state index contributed by atoms with van der Waals surface area (Å²) >= 11 is 0. The standard InChI is InChI=1S/C28H42N4O3/c1-26(35)15-17-30(18-16-26)24(33)20-31-21-27(32(25(31)34)19-22-9-10-22)11-13-28(14-12-27,29(2)3)23-7-5-4-6-8-23/h4-8,22,35H,9-21H2,1-3H3. The molecule has 7 nitrogen and oxygen atoms in total. The molecule has 2 heterocycles. The van der Waals surface area contributed by atoms with Crippen LogP contribution >= 0.6 is 0 Å². The van der Waals surface area contributed by atoms with E-state index in [1.807, 2.05) is 16.7 Å². The number of amides is 3. The van der Waals surface area contributed by atoms with Gasteiger partial charge in [-0.1, -0.05) is 30.3 Å². The molecule has 1 aromatic rings. The van der Waals surface area contributed by atoms with Crippen molar-refractivity contribution in [3.05, 3.63) is 35.9 Å². The molecule has 7 heteroatoms. The third kappa shape index (κ3) is 4.69. The Balaban J connectivity index is 1.32. The zero-order chi connectivity index (χ0) is 24.8. The van der Waals surface area contributed by atoms with Gasteiger partial charge in [0.05, 0.1) is 11.1 Å². The lowest BCUT2D eigenvalue weighted by Gasteiger charge is -2.51. The third-order valence-electron chi connectivity index (χ3n) is 9.39. The van der Waals surface area contributed by atoms with Crippen LogP contribution in [0.4, 0.5) is 4.79 Å². The first-order chi connectivity index (χ1) is 16.6. The summed E-state index contributed by atoms with van der Waals surface area (Å²) < 4.78 is 0. The third-order valence-corrected chi connectivity index (χ3v) is 9.39. The second-order valence-electron chi connectivity index (χ2n) is 12.1. The zero-order valence-corrected chi connectivity index (χ0v) is 21.7. The van der Waals surface area contributed by atoms with Crippen molar-refractivity contribution in [2.45, 2.75) is 75.0 Å². The number of hydrogen-bond donors (Lipinski definition) is 1. The molecule has 0 atom stereocenters. The maximum Gasteiger partial charge on any atom is 0.321 e. The highest BCUT2D eigenvalue weighted by Gasteiger charge is 2.55. The summed E-state index contributed by atoms with van der Waals surface area (Å²) in [5.74, 6) is 0.630. The molecule has 5 rings (SSSR count). The van der Waals surface area contributed by atoms with Crippen LogP contribution in [0, 0.1) is 5.92 Å². The summed E-state index contributed by atoms with van der Waals surface area (Å²) in [6.45, 7) is 4.59. The van der Waals surface area contributed by atoms with Gasteiger partial charge >= 0.3 is 6.03 Å². The van der Waals surface area contributed by atoms with Gasteiger partial charge in [0.2, 0.25) is 5.91 Å². The Kier molecular flexibility index (Phi) is 6.37. The van der Waals surface area contributed by atoms with E-state index in [9.17, 15) is 14.7 Å². The molecule has 2 aliphatic heterocycles. The molecule has 1 aromatic carbocycles. The Labute approximate surface area is 210 Å². The van der Waals surface area contributed by atoms with Crippen LogP contribution in [0.1, 0.15) is 63.9 Å². The van der Waals surface area contributed by atoms with Gasteiger partial charge in [-0.05, 0) is 83.9 Å². The number of carbonyl (C=O) groups excluding carboxylic acids is 2. The summed E-state index contributed by atoms with van der Waals surface area (Å²) in [5.41, 5.74) is 0.464. The summed E-state index contributed by atoms with van der Waals surface area (Å²) in [6.07, 6.45) is 7.51. The van der Waals surface area contributed by atoms with Crippen molar-refractivity contribution in [2.75, 3.05) is 46.8 Å². The topological polar surface area (TPSA) is 67.3 Å². The van der Waals surface area contributed by atoms with Crippen molar-refractivity contribution in [3.63, 3.8) is 0 Å². The van der Waals surface area contributed by atoms with Crippen LogP contribution in [-0.2, 0) is 10.3 Å². The molecular formula is C28H42N4O3. The van der Waals surface area contributed by atoms with Gasteiger partial charge in [-0.3, -0.25) is 9.69 Å². The van der Waals surface area contributed by atoms with E-state index in [2.05, 4.69) is 54.2 Å². The second-order valence-corrected chi connectivity index (χ2v) is 12.1. The first-order valence-electron chi connectivity index (χ1n) is 13.4. The lowest BCUT2D eigenvalue weighted by atomic mass is 9.68. The molecule has 0 unspecified atom stereocenters. The molecule has 0 aromatic heterocycles. The molecule has 2 saturated heterocycles. The predicted octanol–water partition coefficient (Wildman–Crippen LogP) is 3.28. The smallest absolute Gasteiger partial charge is 0.321 e. The lowest BCUT2D eigenvalue weighted by molar-refractivity contribution is -0.135. The number of urea groups is 1. The van der Waals surface area contributed by atoms with Crippen molar-refractivity contribution in [1.29, 1.82) is 0 Å². The highest BCUT2D eigenvalue weighted by Crippen LogP contribution is 2.49. The van der Waals surface area contributed by atoms with E-state index in [1.165, 1.54) is 18.4 Å². The number of carbonyl (C=O) groups is 2. The molecule has 35 heavy (non-hydrogen) atoms. The summed E-state index contributed by atoms with van der Waals surface area (Å²) in [7, 11) is 4.35. The molecule has 4 aliphatic rings.